The number of benzene rings is 1. The third kappa shape index (κ3) is 2.49. The topological polar surface area (TPSA) is 38.9 Å². The fourth-order valence-corrected chi connectivity index (χ4v) is 1.72. The van der Waals surface area contributed by atoms with Crippen molar-refractivity contribution in [1.29, 1.82) is 0 Å². The number of halogens is 2. The summed E-state index contributed by atoms with van der Waals surface area (Å²) in [6.45, 7) is 1.77. The van der Waals surface area contributed by atoms with Gasteiger partial charge in [-0.3, -0.25) is 0 Å². The molecule has 3 nitrogen and oxygen atoms in total. The molecule has 2 rings (SSSR count). The Kier molecular flexibility index (Phi) is 2.93. The first-order valence-electron chi connectivity index (χ1n) is 4.38. The SMILES string of the molecule is Cc1noc(Cc2ccc(Cl)cc2Cl)n1. The maximum absolute atomic E-state index is 6.01. The van der Waals surface area contributed by atoms with Gasteiger partial charge in [0, 0.05) is 10.0 Å². The van der Waals surface area contributed by atoms with E-state index >= 15 is 0 Å². The van der Waals surface area contributed by atoms with Crippen molar-refractivity contribution in [3.05, 3.63) is 45.5 Å². The van der Waals surface area contributed by atoms with E-state index in [1.807, 2.05) is 6.07 Å². The van der Waals surface area contributed by atoms with Crippen molar-refractivity contribution < 1.29 is 4.52 Å². The van der Waals surface area contributed by atoms with Crippen LogP contribution in [0.5, 0.6) is 0 Å². The molecule has 0 saturated heterocycles. The van der Waals surface area contributed by atoms with Gasteiger partial charge in [-0.1, -0.05) is 34.4 Å². The van der Waals surface area contributed by atoms with Gasteiger partial charge in [0.1, 0.15) is 0 Å². The van der Waals surface area contributed by atoms with Crippen molar-refractivity contribution in [3.8, 4) is 0 Å². The molecule has 1 aromatic heterocycles. The van der Waals surface area contributed by atoms with Crippen LogP contribution in [0.2, 0.25) is 10.0 Å². The molecular formula is C10H8Cl2N2O. The predicted octanol–water partition coefficient (Wildman–Crippen LogP) is 3.28. The van der Waals surface area contributed by atoms with Crippen molar-refractivity contribution in [2.24, 2.45) is 0 Å². The third-order valence-electron chi connectivity index (χ3n) is 1.93. The van der Waals surface area contributed by atoms with Gasteiger partial charge in [0.2, 0.25) is 5.89 Å². The minimum absolute atomic E-state index is 0.525. The van der Waals surface area contributed by atoms with Gasteiger partial charge in [-0.15, -0.1) is 0 Å². The first-order valence-corrected chi connectivity index (χ1v) is 5.14. The monoisotopic (exact) mass is 242 g/mol. The van der Waals surface area contributed by atoms with Crippen molar-refractivity contribution in [3.63, 3.8) is 0 Å². The molecule has 0 aliphatic heterocycles. The molecule has 0 fully saturated rings. The highest BCUT2D eigenvalue weighted by molar-refractivity contribution is 6.35. The normalized spacial score (nSPS) is 10.6. The van der Waals surface area contributed by atoms with Crippen LogP contribution in [-0.4, -0.2) is 10.1 Å². The summed E-state index contributed by atoms with van der Waals surface area (Å²) in [7, 11) is 0. The highest BCUT2D eigenvalue weighted by Crippen LogP contribution is 2.22. The van der Waals surface area contributed by atoms with Crippen LogP contribution in [0.15, 0.2) is 22.7 Å². The van der Waals surface area contributed by atoms with Crippen LogP contribution in [0, 0.1) is 6.92 Å². The smallest absolute Gasteiger partial charge is 0.231 e. The molecule has 15 heavy (non-hydrogen) atoms. The highest BCUT2D eigenvalue weighted by atomic mass is 35.5. The van der Waals surface area contributed by atoms with E-state index in [0.29, 0.717) is 28.2 Å². The maximum atomic E-state index is 6.01. The number of aromatic nitrogens is 2. The minimum Gasteiger partial charge on any atom is -0.339 e. The zero-order valence-corrected chi connectivity index (χ0v) is 9.51. The molecule has 0 aliphatic carbocycles. The molecule has 5 heteroatoms. The van der Waals surface area contributed by atoms with Crippen LogP contribution in [0.4, 0.5) is 0 Å². The van der Waals surface area contributed by atoms with E-state index in [4.69, 9.17) is 27.7 Å². The molecule has 0 N–H and O–H groups in total. The van der Waals surface area contributed by atoms with Crippen LogP contribution in [0.1, 0.15) is 17.3 Å². The Morgan fingerprint density at radius 1 is 1.33 bits per heavy atom. The molecule has 0 bridgehead atoms. The van der Waals surface area contributed by atoms with Crippen LogP contribution in [-0.2, 0) is 6.42 Å². The van der Waals surface area contributed by atoms with E-state index in [0.717, 1.165) is 5.56 Å². The molecule has 1 heterocycles. The summed E-state index contributed by atoms with van der Waals surface area (Å²) in [5, 5.41) is 4.93. The van der Waals surface area contributed by atoms with Crippen molar-refractivity contribution in [2.45, 2.75) is 13.3 Å². The molecule has 2 aromatic rings. The maximum Gasteiger partial charge on any atom is 0.231 e. The average Bonchev–Trinajstić information content (AvgIpc) is 2.56. The predicted molar refractivity (Wildman–Crippen MR) is 58.3 cm³/mol. The van der Waals surface area contributed by atoms with Gasteiger partial charge in [-0.25, -0.2) is 0 Å². The molecule has 0 saturated carbocycles. The third-order valence-corrected chi connectivity index (χ3v) is 2.51. The number of rotatable bonds is 2. The molecule has 0 aliphatic rings. The summed E-state index contributed by atoms with van der Waals surface area (Å²) >= 11 is 11.8. The van der Waals surface area contributed by atoms with Gasteiger partial charge >= 0.3 is 0 Å². The Bertz CT molecular complexity index is 482. The first kappa shape index (κ1) is 10.5. The van der Waals surface area contributed by atoms with Crippen molar-refractivity contribution in [2.75, 3.05) is 0 Å². The Labute approximate surface area is 97.0 Å². The highest BCUT2D eigenvalue weighted by Gasteiger charge is 2.07. The number of hydrogen-bond donors (Lipinski definition) is 0. The summed E-state index contributed by atoms with van der Waals surface area (Å²) < 4.78 is 5.00. The molecule has 0 atom stereocenters. The second-order valence-corrected chi connectivity index (χ2v) is 3.99. The zero-order valence-electron chi connectivity index (χ0n) is 8.00. The number of nitrogens with zero attached hydrogens (tertiary/aromatic N) is 2. The summed E-state index contributed by atoms with van der Waals surface area (Å²) in [5.74, 6) is 1.17. The molecular weight excluding hydrogens is 235 g/mol. The number of hydrogen-bond acceptors (Lipinski definition) is 3. The van der Waals surface area contributed by atoms with Crippen LogP contribution in [0.25, 0.3) is 0 Å². The second-order valence-electron chi connectivity index (χ2n) is 3.15. The van der Waals surface area contributed by atoms with Gasteiger partial charge in [-0.2, -0.15) is 4.98 Å². The molecule has 78 valence electrons. The van der Waals surface area contributed by atoms with Crippen molar-refractivity contribution >= 4 is 23.2 Å². The molecule has 0 radical (unpaired) electrons. The Hall–Kier alpha value is -1.06. The Morgan fingerprint density at radius 3 is 2.73 bits per heavy atom. The minimum atomic E-state index is 0.525. The summed E-state index contributed by atoms with van der Waals surface area (Å²) in [6, 6.07) is 5.33. The van der Waals surface area contributed by atoms with Crippen LogP contribution in [0.3, 0.4) is 0 Å². The van der Waals surface area contributed by atoms with Crippen molar-refractivity contribution in [1.82, 2.24) is 10.1 Å². The molecule has 1 aromatic carbocycles. The summed E-state index contributed by atoms with van der Waals surface area (Å²) in [4.78, 5) is 4.10. The Morgan fingerprint density at radius 2 is 2.13 bits per heavy atom. The van der Waals surface area contributed by atoms with Gasteiger partial charge in [0.25, 0.3) is 0 Å². The standard InChI is InChI=1S/C10H8Cl2N2O/c1-6-13-10(15-14-6)4-7-2-3-8(11)5-9(7)12/h2-3,5H,4H2,1H3. The van der Waals surface area contributed by atoms with Crippen LogP contribution < -0.4 is 0 Å². The van der Waals surface area contributed by atoms with E-state index < -0.39 is 0 Å². The second kappa shape index (κ2) is 4.21. The lowest BCUT2D eigenvalue weighted by molar-refractivity contribution is 0.381. The molecule has 0 spiro atoms. The van der Waals surface area contributed by atoms with Gasteiger partial charge < -0.3 is 4.52 Å². The lowest BCUT2D eigenvalue weighted by Crippen LogP contribution is -1.89. The van der Waals surface area contributed by atoms with Gasteiger partial charge in [0.05, 0.1) is 6.42 Å². The largest absolute Gasteiger partial charge is 0.339 e. The van der Waals surface area contributed by atoms with E-state index in [1.165, 1.54) is 0 Å². The van der Waals surface area contributed by atoms with E-state index in [-0.39, 0.29) is 0 Å². The average molecular weight is 243 g/mol. The van der Waals surface area contributed by atoms with Gasteiger partial charge in [-0.05, 0) is 24.6 Å². The summed E-state index contributed by atoms with van der Waals surface area (Å²) in [6.07, 6.45) is 0.525. The summed E-state index contributed by atoms with van der Waals surface area (Å²) in [5.41, 5.74) is 0.921. The van der Waals surface area contributed by atoms with E-state index in [1.54, 1.807) is 19.1 Å². The molecule has 0 unspecified atom stereocenters. The fourth-order valence-electron chi connectivity index (χ4n) is 1.24. The lowest BCUT2D eigenvalue weighted by Gasteiger charge is -2.00. The molecule has 0 amide bonds. The zero-order chi connectivity index (χ0) is 10.8. The first-order chi connectivity index (χ1) is 7.15. The lowest BCUT2D eigenvalue weighted by atomic mass is 10.1. The Balaban J connectivity index is 2.24. The van der Waals surface area contributed by atoms with Gasteiger partial charge in [0.15, 0.2) is 5.82 Å². The van der Waals surface area contributed by atoms with E-state index in [2.05, 4.69) is 10.1 Å². The van der Waals surface area contributed by atoms with Crippen LogP contribution >= 0.6 is 23.2 Å². The fraction of sp³-hybridized carbons (Fsp3) is 0.200. The van der Waals surface area contributed by atoms with E-state index in [9.17, 15) is 0 Å². The quantitative estimate of drug-likeness (QED) is 0.812. The number of aryl methyl sites for hydroxylation is 1.